The highest BCUT2D eigenvalue weighted by molar-refractivity contribution is 5.22. The Morgan fingerprint density at radius 3 is 2.94 bits per heavy atom. The van der Waals surface area contributed by atoms with E-state index in [0.29, 0.717) is 30.0 Å². The molecule has 1 saturated heterocycles. The van der Waals surface area contributed by atoms with E-state index in [-0.39, 0.29) is 0 Å². The summed E-state index contributed by atoms with van der Waals surface area (Å²) >= 11 is 0. The Morgan fingerprint density at radius 1 is 1.28 bits per heavy atom. The van der Waals surface area contributed by atoms with Crippen molar-refractivity contribution in [2.24, 2.45) is 5.92 Å². The Bertz CT molecular complexity index is 405. The number of hydrogen-bond acceptors (Lipinski definition) is 5. The van der Waals surface area contributed by atoms with Crippen molar-refractivity contribution in [2.75, 3.05) is 11.9 Å². The van der Waals surface area contributed by atoms with E-state index in [9.17, 15) is 0 Å². The molecule has 1 aromatic heterocycles. The van der Waals surface area contributed by atoms with E-state index in [0.717, 1.165) is 18.9 Å². The molecule has 18 heavy (non-hydrogen) atoms. The first kappa shape index (κ1) is 12.0. The largest absolute Gasteiger partial charge is 0.378 e. The molecule has 1 aliphatic carbocycles. The van der Waals surface area contributed by atoms with Gasteiger partial charge in [0.1, 0.15) is 0 Å². The second-order valence-electron chi connectivity index (χ2n) is 5.66. The highest BCUT2D eigenvalue weighted by Gasteiger charge is 2.38. The molecule has 100 valence electrons. The first-order chi connectivity index (χ1) is 8.74. The lowest BCUT2D eigenvalue weighted by Gasteiger charge is -2.32. The third kappa shape index (κ3) is 2.23. The minimum atomic E-state index is 0.304. The lowest BCUT2D eigenvalue weighted by molar-refractivity contribution is 0.0616. The zero-order valence-electron chi connectivity index (χ0n) is 11.1. The average Bonchev–Trinajstić information content (AvgIpc) is 2.97. The Hall–Kier alpha value is -1.10. The fourth-order valence-corrected chi connectivity index (χ4v) is 3.04. The van der Waals surface area contributed by atoms with Crippen LogP contribution in [-0.4, -0.2) is 28.9 Å². The molecule has 2 fully saturated rings. The smallest absolute Gasteiger partial charge is 0.321 e. The summed E-state index contributed by atoms with van der Waals surface area (Å²) in [7, 11) is 0. The predicted molar refractivity (Wildman–Crippen MR) is 67.5 cm³/mol. The van der Waals surface area contributed by atoms with Crippen molar-refractivity contribution in [3.05, 3.63) is 5.82 Å². The molecular formula is C13H21N3O2. The zero-order chi connectivity index (χ0) is 12.5. The average molecular weight is 251 g/mol. The lowest BCUT2D eigenvalue weighted by atomic mass is 9.82. The van der Waals surface area contributed by atoms with Crippen LogP contribution in [0, 0.1) is 5.92 Å². The van der Waals surface area contributed by atoms with Gasteiger partial charge in [-0.05, 0) is 25.7 Å². The van der Waals surface area contributed by atoms with Crippen LogP contribution < -0.4 is 5.32 Å². The third-order valence-corrected chi connectivity index (χ3v) is 4.05. The Balaban J connectivity index is 1.67. The van der Waals surface area contributed by atoms with Crippen molar-refractivity contribution in [3.63, 3.8) is 0 Å². The molecule has 0 amide bonds. The molecule has 0 unspecified atom stereocenters. The molecule has 0 spiro atoms. The molecule has 1 aliphatic heterocycles. The van der Waals surface area contributed by atoms with Crippen LogP contribution >= 0.6 is 0 Å². The number of hydrogen-bond donors (Lipinski definition) is 1. The molecule has 0 radical (unpaired) electrons. The summed E-state index contributed by atoms with van der Waals surface area (Å²) in [6.45, 7) is 5.03. The van der Waals surface area contributed by atoms with Gasteiger partial charge in [-0.3, -0.25) is 0 Å². The van der Waals surface area contributed by atoms with Crippen LogP contribution in [0.25, 0.3) is 0 Å². The monoisotopic (exact) mass is 251 g/mol. The summed E-state index contributed by atoms with van der Waals surface area (Å²) in [4.78, 5) is 4.39. The maximum atomic E-state index is 5.76. The maximum absolute atomic E-state index is 5.76. The third-order valence-electron chi connectivity index (χ3n) is 4.05. The SMILES string of the molecule is CC(C)c1noc(N[C@@H]2CCC[C@H]3OCC[C@H]23)n1. The van der Waals surface area contributed by atoms with Crippen molar-refractivity contribution in [1.29, 1.82) is 0 Å². The van der Waals surface area contributed by atoms with Crippen molar-refractivity contribution >= 4 is 6.01 Å². The fourth-order valence-electron chi connectivity index (χ4n) is 3.04. The number of fused-ring (bicyclic) bond motifs is 1. The van der Waals surface area contributed by atoms with Gasteiger partial charge < -0.3 is 14.6 Å². The highest BCUT2D eigenvalue weighted by Crippen LogP contribution is 2.35. The van der Waals surface area contributed by atoms with Crippen LogP contribution in [0.5, 0.6) is 0 Å². The Morgan fingerprint density at radius 2 is 2.17 bits per heavy atom. The first-order valence-corrected chi connectivity index (χ1v) is 6.96. The van der Waals surface area contributed by atoms with E-state index in [1.165, 1.54) is 19.3 Å². The summed E-state index contributed by atoms with van der Waals surface area (Å²) in [6.07, 6.45) is 5.16. The molecule has 2 heterocycles. The van der Waals surface area contributed by atoms with Gasteiger partial charge in [-0.15, -0.1) is 0 Å². The zero-order valence-corrected chi connectivity index (χ0v) is 11.1. The second-order valence-corrected chi connectivity index (χ2v) is 5.66. The van der Waals surface area contributed by atoms with Crippen LogP contribution in [-0.2, 0) is 4.74 Å². The Labute approximate surface area is 107 Å². The standard InChI is InChI=1S/C13H21N3O2/c1-8(2)12-15-13(18-16-12)14-10-4-3-5-11-9(10)6-7-17-11/h8-11H,3-7H2,1-2H3,(H,14,15,16)/t9-,10-,11-/m1/s1. The van der Waals surface area contributed by atoms with Gasteiger partial charge in [0.2, 0.25) is 0 Å². The van der Waals surface area contributed by atoms with Gasteiger partial charge in [0.05, 0.1) is 6.10 Å². The predicted octanol–water partition coefficient (Wildman–Crippen LogP) is 2.56. The molecule has 0 aromatic carbocycles. The Kier molecular flexibility index (Phi) is 3.24. The molecule has 2 aliphatic rings. The van der Waals surface area contributed by atoms with E-state index in [1.807, 2.05) is 0 Å². The van der Waals surface area contributed by atoms with Gasteiger partial charge in [0.25, 0.3) is 0 Å². The van der Waals surface area contributed by atoms with Crippen molar-refractivity contribution < 1.29 is 9.26 Å². The van der Waals surface area contributed by atoms with Crippen molar-refractivity contribution in [3.8, 4) is 0 Å². The van der Waals surface area contributed by atoms with Crippen LogP contribution in [0.4, 0.5) is 6.01 Å². The number of ether oxygens (including phenoxy) is 1. The van der Waals surface area contributed by atoms with Crippen LogP contribution in [0.15, 0.2) is 4.52 Å². The molecule has 1 aromatic rings. The van der Waals surface area contributed by atoms with Crippen LogP contribution in [0.3, 0.4) is 0 Å². The van der Waals surface area contributed by atoms with Gasteiger partial charge in [0, 0.05) is 24.5 Å². The molecule has 1 N–H and O–H groups in total. The maximum Gasteiger partial charge on any atom is 0.321 e. The number of anilines is 1. The molecular weight excluding hydrogens is 230 g/mol. The van der Waals surface area contributed by atoms with E-state index in [2.05, 4.69) is 29.3 Å². The van der Waals surface area contributed by atoms with E-state index < -0.39 is 0 Å². The van der Waals surface area contributed by atoms with Gasteiger partial charge in [-0.25, -0.2) is 0 Å². The van der Waals surface area contributed by atoms with Crippen LogP contribution in [0.2, 0.25) is 0 Å². The quantitative estimate of drug-likeness (QED) is 0.894. The summed E-state index contributed by atoms with van der Waals surface area (Å²) in [5.74, 6) is 1.68. The minimum Gasteiger partial charge on any atom is -0.378 e. The van der Waals surface area contributed by atoms with Gasteiger partial charge in [0.15, 0.2) is 5.82 Å². The molecule has 3 atom stereocenters. The van der Waals surface area contributed by atoms with Crippen molar-refractivity contribution in [2.45, 2.75) is 57.6 Å². The minimum absolute atomic E-state index is 0.304. The summed E-state index contributed by atoms with van der Waals surface area (Å²) < 4.78 is 11.0. The fraction of sp³-hybridized carbons (Fsp3) is 0.846. The molecule has 3 rings (SSSR count). The molecule has 1 saturated carbocycles. The van der Waals surface area contributed by atoms with Gasteiger partial charge >= 0.3 is 6.01 Å². The van der Waals surface area contributed by atoms with E-state index in [1.54, 1.807) is 0 Å². The lowest BCUT2D eigenvalue weighted by Crippen LogP contribution is -2.38. The molecule has 5 heteroatoms. The number of aromatic nitrogens is 2. The van der Waals surface area contributed by atoms with Crippen molar-refractivity contribution in [1.82, 2.24) is 10.1 Å². The summed E-state index contributed by atoms with van der Waals surface area (Å²) in [6, 6.07) is 0.989. The van der Waals surface area contributed by atoms with E-state index in [4.69, 9.17) is 9.26 Å². The highest BCUT2D eigenvalue weighted by atomic mass is 16.5. The topological polar surface area (TPSA) is 60.2 Å². The number of nitrogens with one attached hydrogen (secondary N) is 1. The van der Waals surface area contributed by atoms with Crippen LogP contribution in [0.1, 0.15) is 51.3 Å². The summed E-state index contributed by atoms with van der Waals surface area (Å²) in [5, 5.41) is 7.39. The van der Waals surface area contributed by atoms with Gasteiger partial charge in [-0.2, -0.15) is 4.98 Å². The summed E-state index contributed by atoms with van der Waals surface area (Å²) in [5.41, 5.74) is 0. The number of nitrogens with zero attached hydrogens (tertiary/aromatic N) is 2. The first-order valence-electron chi connectivity index (χ1n) is 6.96. The van der Waals surface area contributed by atoms with E-state index >= 15 is 0 Å². The second kappa shape index (κ2) is 4.88. The normalized spacial score (nSPS) is 31.6. The molecule has 0 bridgehead atoms. The number of rotatable bonds is 3. The molecule has 5 nitrogen and oxygen atoms in total. The van der Waals surface area contributed by atoms with Gasteiger partial charge in [-0.1, -0.05) is 19.0 Å².